The molecule has 98 valence electrons. The first-order valence-corrected chi connectivity index (χ1v) is 6.62. The largest absolute Gasteiger partial charge is 0.328 e. The van der Waals surface area contributed by atoms with Gasteiger partial charge in [-0.15, -0.1) is 0 Å². The Morgan fingerprint density at radius 2 is 2.22 bits per heavy atom. The van der Waals surface area contributed by atoms with Crippen molar-refractivity contribution >= 4 is 34.8 Å². The van der Waals surface area contributed by atoms with Gasteiger partial charge in [-0.1, -0.05) is 23.2 Å². The average molecular weight is 288 g/mol. The topological polar surface area (TPSA) is 68.0 Å². The summed E-state index contributed by atoms with van der Waals surface area (Å²) in [6.07, 6.45) is 2.44. The lowest BCUT2D eigenvalue weighted by Gasteiger charge is -2.13. The van der Waals surface area contributed by atoms with Gasteiger partial charge in [0.25, 0.3) is 0 Å². The molecule has 0 bridgehead atoms. The molecule has 0 aliphatic heterocycles. The Labute approximate surface area is 116 Å². The lowest BCUT2D eigenvalue weighted by molar-refractivity contribution is -0.119. The molecule has 0 spiro atoms. The SMILES string of the molecule is Cc1cc(Cl)nc(Cl)c1NC(=O)C1CCC(N)C1. The Morgan fingerprint density at radius 1 is 1.50 bits per heavy atom. The summed E-state index contributed by atoms with van der Waals surface area (Å²) in [6, 6.07) is 1.80. The number of nitrogens with zero attached hydrogens (tertiary/aromatic N) is 1. The third-order valence-electron chi connectivity index (χ3n) is 3.23. The van der Waals surface area contributed by atoms with Crippen molar-refractivity contribution in [3.63, 3.8) is 0 Å². The summed E-state index contributed by atoms with van der Waals surface area (Å²) in [7, 11) is 0. The first kappa shape index (κ1) is 13.6. The molecule has 1 aliphatic carbocycles. The van der Waals surface area contributed by atoms with E-state index in [9.17, 15) is 4.79 Å². The molecule has 1 saturated carbocycles. The van der Waals surface area contributed by atoms with Gasteiger partial charge in [0, 0.05) is 12.0 Å². The van der Waals surface area contributed by atoms with Gasteiger partial charge in [0.15, 0.2) is 5.15 Å². The second-order valence-corrected chi connectivity index (χ2v) is 5.43. The monoisotopic (exact) mass is 287 g/mol. The number of aryl methyl sites for hydroxylation is 1. The zero-order valence-corrected chi connectivity index (χ0v) is 11.6. The Balaban J connectivity index is 2.12. The van der Waals surface area contributed by atoms with Crippen LogP contribution < -0.4 is 11.1 Å². The number of rotatable bonds is 2. The highest BCUT2D eigenvalue weighted by Crippen LogP contribution is 2.29. The van der Waals surface area contributed by atoms with Gasteiger partial charge in [0.05, 0.1) is 5.69 Å². The highest BCUT2D eigenvalue weighted by molar-refractivity contribution is 6.34. The summed E-state index contributed by atoms with van der Waals surface area (Å²) in [5, 5.41) is 3.36. The molecular weight excluding hydrogens is 273 g/mol. The molecule has 6 heteroatoms. The molecule has 2 atom stereocenters. The maximum absolute atomic E-state index is 12.1. The van der Waals surface area contributed by atoms with Crippen LogP contribution in [-0.4, -0.2) is 16.9 Å². The summed E-state index contributed by atoms with van der Waals surface area (Å²) in [5.41, 5.74) is 7.14. The van der Waals surface area contributed by atoms with Crippen molar-refractivity contribution in [1.82, 2.24) is 4.98 Å². The number of amides is 1. The minimum Gasteiger partial charge on any atom is -0.328 e. The summed E-state index contributed by atoms with van der Waals surface area (Å²) >= 11 is 11.8. The van der Waals surface area contributed by atoms with Crippen LogP contribution in [0.1, 0.15) is 24.8 Å². The number of nitrogens with one attached hydrogen (secondary N) is 1. The Morgan fingerprint density at radius 3 is 2.78 bits per heavy atom. The van der Waals surface area contributed by atoms with E-state index in [0.717, 1.165) is 24.8 Å². The van der Waals surface area contributed by atoms with E-state index >= 15 is 0 Å². The number of aromatic nitrogens is 1. The third-order valence-corrected chi connectivity index (χ3v) is 3.70. The molecule has 1 aliphatic rings. The van der Waals surface area contributed by atoms with Crippen molar-refractivity contribution in [1.29, 1.82) is 0 Å². The van der Waals surface area contributed by atoms with E-state index in [0.29, 0.717) is 10.8 Å². The van der Waals surface area contributed by atoms with Crippen molar-refractivity contribution < 1.29 is 4.79 Å². The number of hydrogen-bond acceptors (Lipinski definition) is 3. The molecule has 1 heterocycles. The van der Waals surface area contributed by atoms with Crippen molar-refractivity contribution in [3.8, 4) is 0 Å². The van der Waals surface area contributed by atoms with Crippen molar-refractivity contribution in [2.24, 2.45) is 11.7 Å². The Bertz CT molecular complexity index is 455. The van der Waals surface area contributed by atoms with E-state index in [1.165, 1.54) is 0 Å². The molecule has 3 N–H and O–H groups in total. The first-order chi connectivity index (χ1) is 8.47. The normalized spacial score (nSPS) is 23.1. The number of carbonyl (C=O) groups is 1. The predicted molar refractivity (Wildman–Crippen MR) is 72.9 cm³/mol. The van der Waals surface area contributed by atoms with E-state index in [1.54, 1.807) is 6.07 Å². The molecule has 0 saturated heterocycles. The molecule has 1 aromatic rings. The molecule has 1 aromatic heterocycles. The maximum atomic E-state index is 12.1. The molecule has 0 radical (unpaired) electrons. The number of anilines is 1. The number of carbonyl (C=O) groups excluding carboxylic acids is 1. The van der Waals surface area contributed by atoms with Crippen LogP contribution in [0.2, 0.25) is 10.3 Å². The van der Waals surface area contributed by atoms with Gasteiger partial charge >= 0.3 is 0 Å². The number of pyridine rings is 1. The van der Waals surface area contributed by atoms with Crippen LogP contribution in [0.25, 0.3) is 0 Å². The van der Waals surface area contributed by atoms with E-state index in [1.807, 2.05) is 6.92 Å². The van der Waals surface area contributed by atoms with E-state index in [4.69, 9.17) is 28.9 Å². The van der Waals surface area contributed by atoms with Crippen molar-refractivity contribution in [2.45, 2.75) is 32.2 Å². The second-order valence-electron chi connectivity index (χ2n) is 4.69. The van der Waals surface area contributed by atoms with E-state index in [-0.39, 0.29) is 23.0 Å². The third kappa shape index (κ3) is 2.94. The summed E-state index contributed by atoms with van der Waals surface area (Å²) in [5.74, 6) is -0.0804. The fourth-order valence-corrected chi connectivity index (χ4v) is 2.80. The minimum atomic E-state index is -0.0444. The van der Waals surface area contributed by atoms with Gasteiger partial charge < -0.3 is 11.1 Å². The summed E-state index contributed by atoms with van der Waals surface area (Å²) < 4.78 is 0. The number of hydrogen-bond donors (Lipinski definition) is 2. The van der Waals surface area contributed by atoms with Crippen molar-refractivity contribution in [2.75, 3.05) is 5.32 Å². The van der Waals surface area contributed by atoms with Gasteiger partial charge in [-0.05, 0) is 37.8 Å². The highest BCUT2D eigenvalue weighted by Gasteiger charge is 2.28. The maximum Gasteiger partial charge on any atom is 0.227 e. The second kappa shape index (κ2) is 5.43. The molecule has 1 amide bonds. The fourth-order valence-electron chi connectivity index (χ4n) is 2.23. The van der Waals surface area contributed by atoms with Crippen molar-refractivity contribution in [3.05, 3.63) is 21.9 Å². The summed E-state index contributed by atoms with van der Waals surface area (Å²) in [6.45, 7) is 1.83. The van der Waals surface area contributed by atoms with Gasteiger partial charge in [0.1, 0.15) is 5.15 Å². The molecule has 0 aromatic carbocycles. The average Bonchev–Trinajstić information content (AvgIpc) is 2.70. The van der Waals surface area contributed by atoms with Crippen LogP contribution in [0.4, 0.5) is 5.69 Å². The van der Waals surface area contributed by atoms with Crippen LogP contribution >= 0.6 is 23.2 Å². The summed E-state index contributed by atoms with van der Waals surface area (Å²) in [4.78, 5) is 16.0. The Hall–Kier alpha value is -0.840. The van der Waals surface area contributed by atoms with Crippen LogP contribution in [-0.2, 0) is 4.79 Å². The van der Waals surface area contributed by atoms with Gasteiger partial charge in [-0.25, -0.2) is 4.98 Å². The minimum absolute atomic E-state index is 0.0360. The standard InChI is InChI=1S/C12H15Cl2N3O/c1-6-4-9(13)16-11(14)10(6)17-12(18)7-2-3-8(15)5-7/h4,7-8H,2-3,5,15H2,1H3,(H,17,18). The van der Waals surface area contributed by atoms with E-state index < -0.39 is 0 Å². The number of nitrogens with two attached hydrogens (primary N) is 1. The lowest BCUT2D eigenvalue weighted by atomic mass is 10.1. The lowest BCUT2D eigenvalue weighted by Crippen LogP contribution is -2.23. The van der Waals surface area contributed by atoms with Gasteiger partial charge in [-0.3, -0.25) is 4.79 Å². The van der Waals surface area contributed by atoms with Crippen LogP contribution in [0.5, 0.6) is 0 Å². The fraction of sp³-hybridized carbons (Fsp3) is 0.500. The van der Waals surface area contributed by atoms with Gasteiger partial charge in [0.2, 0.25) is 5.91 Å². The highest BCUT2D eigenvalue weighted by atomic mass is 35.5. The van der Waals surface area contributed by atoms with E-state index in [2.05, 4.69) is 10.3 Å². The molecular formula is C12H15Cl2N3O. The van der Waals surface area contributed by atoms with Crippen LogP contribution in [0.15, 0.2) is 6.07 Å². The first-order valence-electron chi connectivity index (χ1n) is 5.86. The molecule has 18 heavy (non-hydrogen) atoms. The smallest absolute Gasteiger partial charge is 0.227 e. The van der Waals surface area contributed by atoms with Crippen LogP contribution in [0.3, 0.4) is 0 Å². The predicted octanol–water partition coefficient (Wildman–Crippen LogP) is 2.76. The number of halogens is 2. The molecule has 2 unspecified atom stereocenters. The van der Waals surface area contributed by atoms with Gasteiger partial charge in [-0.2, -0.15) is 0 Å². The molecule has 1 fully saturated rings. The molecule has 4 nitrogen and oxygen atoms in total. The zero-order chi connectivity index (χ0) is 13.3. The Kier molecular flexibility index (Phi) is 4.10. The molecule has 2 rings (SSSR count). The van der Waals surface area contributed by atoms with Crippen LogP contribution in [0, 0.1) is 12.8 Å². The zero-order valence-electron chi connectivity index (χ0n) is 10.0. The quantitative estimate of drug-likeness (QED) is 0.822.